The van der Waals surface area contributed by atoms with Crippen molar-refractivity contribution in [3.05, 3.63) is 12.3 Å². The molecule has 0 unspecified atom stereocenters. The van der Waals surface area contributed by atoms with Crippen LogP contribution in [-0.4, -0.2) is 36.4 Å². The van der Waals surface area contributed by atoms with Crippen LogP contribution in [-0.2, 0) is 9.53 Å². The van der Waals surface area contributed by atoms with Crippen molar-refractivity contribution in [2.75, 3.05) is 13.7 Å². The summed E-state index contributed by atoms with van der Waals surface area (Å²) in [4.78, 5) is 17.5. The molecule has 13 heavy (non-hydrogen) atoms. The van der Waals surface area contributed by atoms with Crippen molar-refractivity contribution in [1.29, 1.82) is 0 Å². The maximum absolute atomic E-state index is 11.3. The van der Waals surface area contributed by atoms with Crippen LogP contribution >= 0.6 is 0 Å². The molecule has 0 aromatic heterocycles. The number of carbonyl (C=O) groups excluding carboxylic acids is 1. The van der Waals surface area contributed by atoms with Crippen LogP contribution in [0.5, 0.6) is 0 Å². The Morgan fingerprint density at radius 2 is 2.62 bits per heavy atom. The molecule has 1 fully saturated rings. The molecule has 0 aliphatic carbocycles. The molecular weight excluding hydrogens is 168 g/mol. The van der Waals surface area contributed by atoms with Crippen LogP contribution in [0.4, 0.5) is 0 Å². The van der Waals surface area contributed by atoms with Crippen LogP contribution in [0.25, 0.3) is 0 Å². The van der Waals surface area contributed by atoms with Crippen LogP contribution in [0, 0.1) is 0 Å². The lowest BCUT2D eigenvalue weighted by Crippen LogP contribution is -2.40. The molecule has 2 aliphatic rings. The molecule has 0 saturated carbocycles. The second-order valence-electron chi connectivity index (χ2n) is 3.16. The van der Waals surface area contributed by atoms with Gasteiger partial charge in [0.15, 0.2) is 0 Å². The number of methoxy groups -OCH3 is 1. The molecule has 0 amide bonds. The highest BCUT2D eigenvalue weighted by Gasteiger charge is 2.35. The van der Waals surface area contributed by atoms with Crippen molar-refractivity contribution in [2.24, 2.45) is 4.99 Å². The summed E-state index contributed by atoms with van der Waals surface area (Å²) in [7, 11) is 1.43. The van der Waals surface area contributed by atoms with Gasteiger partial charge >= 0.3 is 5.97 Å². The number of carbonyl (C=O) groups is 1. The molecule has 70 valence electrons. The lowest BCUT2D eigenvalue weighted by Gasteiger charge is -2.24. The fourth-order valence-electron chi connectivity index (χ4n) is 1.80. The van der Waals surface area contributed by atoms with Gasteiger partial charge in [-0.2, -0.15) is 0 Å². The monoisotopic (exact) mass is 180 g/mol. The van der Waals surface area contributed by atoms with Gasteiger partial charge in [-0.3, -0.25) is 0 Å². The van der Waals surface area contributed by atoms with Crippen LogP contribution < -0.4 is 0 Å². The Kier molecular flexibility index (Phi) is 2.04. The third-order valence-corrected chi connectivity index (χ3v) is 2.45. The average Bonchev–Trinajstić information content (AvgIpc) is 2.60. The summed E-state index contributed by atoms with van der Waals surface area (Å²) in [5.74, 6) is 0.860. The number of ether oxygens (including phenoxy) is 1. The molecule has 0 aromatic carbocycles. The van der Waals surface area contributed by atoms with Crippen LogP contribution in [0.1, 0.15) is 12.8 Å². The lowest BCUT2D eigenvalue weighted by atomic mass is 10.2. The SMILES string of the molecule is COC(=O)[C@@H]1CCC2=NC=CCN21. The van der Waals surface area contributed by atoms with E-state index in [0.717, 1.165) is 25.2 Å². The number of hydrogen-bond donors (Lipinski definition) is 0. The molecule has 2 heterocycles. The van der Waals surface area contributed by atoms with Crippen LogP contribution in [0.3, 0.4) is 0 Å². The third kappa shape index (κ3) is 1.32. The van der Waals surface area contributed by atoms with E-state index in [-0.39, 0.29) is 12.0 Å². The van der Waals surface area contributed by atoms with Gasteiger partial charge < -0.3 is 9.64 Å². The van der Waals surface area contributed by atoms with Gasteiger partial charge in [0.2, 0.25) is 0 Å². The normalized spacial score (nSPS) is 25.5. The number of esters is 1. The molecule has 0 radical (unpaired) electrons. The van der Waals surface area contributed by atoms with Crippen molar-refractivity contribution in [1.82, 2.24) is 4.90 Å². The van der Waals surface area contributed by atoms with E-state index in [1.807, 2.05) is 11.0 Å². The molecule has 0 aromatic rings. The minimum Gasteiger partial charge on any atom is -0.467 e. The van der Waals surface area contributed by atoms with Crippen molar-refractivity contribution in [3.8, 4) is 0 Å². The first-order chi connectivity index (χ1) is 6.33. The van der Waals surface area contributed by atoms with E-state index in [0.29, 0.717) is 0 Å². The number of rotatable bonds is 1. The highest BCUT2D eigenvalue weighted by atomic mass is 16.5. The van der Waals surface area contributed by atoms with Gasteiger partial charge in [0.1, 0.15) is 11.9 Å². The Labute approximate surface area is 76.9 Å². The van der Waals surface area contributed by atoms with E-state index in [2.05, 4.69) is 4.99 Å². The van der Waals surface area contributed by atoms with Gasteiger partial charge in [-0.15, -0.1) is 0 Å². The van der Waals surface area contributed by atoms with Crippen molar-refractivity contribution >= 4 is 11.8 Å². The van der Waals surface area contributed by atoms with Gasteiger partial charge in [0.05, 0.1) is 7.11 Å². The van der Waals surface area contributed by atoms with Gasteiger partial charge in [-0.1, -0.05) is 0 Å². The number of aliphatic imine (C=N–C) groups is 1. The lowest BCUT2D eigenvalue weighted by molar-refractivity contribution is -0.144. The summed E-state index contributed by atoms with van der Waals surface area (Å²) in [5, 5.41) is 0. The molecule has 0 bridgehead atoms. The van der Waals surface area contributed by atoms with E-state index in [9.17, 15) is 4.79 Å². The topological polar surface area (TPSA) is 41.9 Å². The fraction of sp³-hybridized carbons (Fsp3) is 0.556. The van der Waals surface area contributed by atoms with Crippen molar-refractivity contribution < 1.29 is 9.53 Å². The number of nitrogens with zero attached hydrogens (tertiary/aromatic N) is 2. The first-order valence-corrected chi connectivity index (χ1v) is 4.39. The van der Waals surface area contributed by atoms with Crippen molar-refractivity contribution in [3.63, 3.8) is 0 Å². The minimum absolute atomic E-state index is 0.117. The van der Waals surface area contributed by atoms with E-state index >= 15 is 0 Å². The number of hydrogen-bond acceptors (Lipinski definition) is 4. The summed E-state index contributed by atoms with van der Waals surface area (Å²) >= 11 is 0. The molecule has 1 atom stereocenters. The maximum Gasteiger partial charge on any atom is 0.328 e. The van der Waals surface area contributed by atoms with E-state index in [1.54, 1.807) is 6.20 Å². The highest BCUT2D eigenvalue weighted by Crippen LogP contribution is 2.22. The second kappa shape index (κ2) is 3.20. The van der Waals surface area contributed by atoms with E-state index in [1.165, 1.54) is 7.11 Å². The molecular formula is C9H12N2O2. The number of amidine groups is 1. The molecule has 0 N–H and O–H groups in total. The average molecular weight is 180 g/mol. The zero-order valence-corrected chi connectivity index (χ0v) is 7.56. The Morgan fingerprint density at radius 1 is 1.77 bits per heavy atom. The Hall–Kier alpha value is -1.32. The summed E-state index contributed by atoms with van der Waals surface area (Å²) in [5.41, 5.74) is 0. The summed E-state index contributed by atoms with van der Waals surface area (Å²) in [6.07, 6.45) is 5.45. The second-order valence-corrected chi connectivity index (χ2v) is 3.16. The molecule has 1 saturated heterocycles. The van der Waals surface area contributed by atoms with E-state index in [4.69, 9.17) is 4.74 Å². The number of fused-ring (bicyclic) bond motifs is 1. The predicted molar refractivity (Wildman–Crippen MR) is 48.3 cm³/mol. The van der Waals surface area contributed by atoms with E-state index < -0.39 is 0 Å². The molecule has 4 heteroatoms. The molecule has 2 aliphatic heterocycles. The first kappa shape index (κ1) is 8.29. The Bertz CT molecular complexity index is 283. The maximum atomic E-state index is 11.3. The minimum atomic E-state index is -0.152. The van der Waals surface area contributed by atoms with Gasteiger partial charge in [0, 0.05) is 19.2 Å². The van der Waals surface area contributed by atoms with Gasteiger partial charge in [0.25, 0.3) is 0 Å². The molecule has 4 nitrogen and oxygen atoms in total. The Balaban J connectivity index is 2.14. The standard InChI is InChI=1S/C9H12N2O2/c1-13-9(12)7-3-4-8-10-5-2-6-11(7)8/h2,5,7H,3-4,6H2,1H3/t7-/m0/s1. The first-order valence-electron chi connectivity index (χ1n) is 4.39. The van der Waals surface area contributed by atoms with Crippen LogP contribution in [0.2, 0.25) is 0 Å². The zero-order valence-electron chi connectivity index (χ0n) is 7.56. The third-order valence-electron chi connectivity index (χ3n) is 2.45. The predicted octanol–water partition coefficient (Wildman–Crippen LogP) is 0.550. The smallest absolute Gasteiger partial charge is 0.328 e. The summed E-state index contributed by atoms with van der Waals surface area (Å²) in [6, 6.07) is -0.117. The fourth-order valence-corrected chi connectivity index (χ4v) is 1.80. The Morgan fingerprint density at radius 3 is 3.38 bits per heavy atom. The highest BCUT2D eigenvalue weighted by molar-refractivity contribution is 5.92. The zero-order chi connectivity index (χ0) is 9.26. The van der Waals surface area contributed by atoms with Crippen molar-refractivity contribution in [2.45, 2.75) is 18.9 Å². The van der Waals surface area contributed by atoms with Gasteiger partial charge in [-0.05, 0) is 12.5 Å². The largest absolute Gasteiger partial charge is 0.467 e. The quantitative estimate of drug-likeness (QED) is 0.553. The molecule has 2 rings (SSSR count). The van der Waals surface area contributed by atoms with Gasteiger partial charge in [-0.25, -0.2) is 9.79 Å². The molecule has 0 spiro atoms. The summed E-state index contributed by atoms with van der Waals surface area (Å²) in [6.45, 7) is 0.776. The van der Waals surface area contributed by atoms with Crippen LogP contribution in [0.15, 0.2) is 17.3 Å². The summed E-state index contributed by atoms with van der Waals surface area (Å²) < 4.78 is 4.72.